The van der Waals surface area contributed by atoms with Crippen LogP contribution in [0.2, 0.25) is 0 Å². The predicted octanol–water partition coefficient (Wildman–Crippen LogP) is 1.29. The minimum Gasteiger partial charge on any atom is -0.459 e. The van der Waals surface area contributed by atoms with Gasteiger partial charge in [-0.15, -0.1) is 0 Å². The first-order valence-corrected chi connectivity index (χ1v) is 6.73. The number of ether oxygens (including phenoxy) is 4. The zero-order valence-corrected chi connectivity index (χ0v) is 11.8. The Morgan fingerprint density at radius 1 is 1.24 bits per heavy atom. The predicted molar refractivity (Wildman–Crippen MR) is 70.4 cm³/mol. The van der Waals surface area contributed by atoms with Crippen molar-refractivity contribution in [1.29, 1.82) is 0 Å². The molecule has 6 nitrogen and oxygen atoms in total. The highest BCUT2D eigenvalue weighted by Gasteiger charge is 2.54. The topological polar surface area (TPSA) is 71.1 Å². The third kappa shape index (κ3) is 2.83. The minimum absolute atomic E-state index is 0.146. The van der Waals surface area contributed by atoms with Crippen molar-refractivity contribution in [3.05, 3.63) is 35.9 Å². The third-order valence-electron chi connectivity index (χ3n) is 3.33. The van der Waals surface area contributed by atoms with Gasteiger partial charge in [0.2, 0.25) is 0 Å². The Kier molecular flexibility index (Phi) is 3.52. The second kappa shape index (κ2) is 5.22. The van der Waals surface area contributed by atoms with Crippen molar-refractivity contribution in [2.75, 3.05) is 6.61 Å². The van der Waals surface area contributed by atoms with Gasteiger partial charge in [0.25, 0.3) is 0 Å². The van der Waals surface area contributed by atoms with Crippen molar-refractivity contribution in [2.45, 2.75) is 38.1 Å². The molecule has 0 aromatic heterocycles. The maximum atomic E-state index is 12.1. The Labute approximate surface area is 121 Å². The largest absolute Gasteiger partial charge is 0.459 e. The van der Waals surface area contributed by atoms with Crippen LogP contribution in [-0.2, 0) is 23.7 Å². The fraction of sp³-hybridized carbons (Fsp3) is 0.467. The van der Waals surface area contributed by atoms with E-state index in [1.165, 1.54) is 0 Å². The molecule has 2 heterocycles. The number of benzene rings is 1. The molecule has 0 spiro atoms. The first-order valence-electron chi connectivity index (χ1n) is 6.73. The summed E-state index contributed by atoms with van der Waals surface area (Å²) >= 11 is 0. The molecule has 2 aliphatic heterocycles. The van der Waals surface area contributed by atoms with Gasteiger partial charge in [0, 0.05) is 0 Å². The van der Waals surface area contributed by atoms with E-state index in [9.17, 15) is 9.59 Å². The molecule has 2 fully saturated rings. The van der Waals surface area contributed by atoms with Gasteiger partial charge in [0.1, 0.15) is 6.61 Å². The average Bonchev–Trinajstić information content (AvgIpc) is 2.91. The van der Waals surface area contributed by atoms with Crippen LogP contribution in [0.15, 0.2) is 30.3 Å². The quantitative estimate of drug-likeness (QED) is 0.782. The van der Waals surface area contributed by atoms with E-state index in [1.54, 1.807) is 44.2 Å². The average molecular weight is 292 g/mol. The van der Waals surface area contributed by atoms with Gasteiger partial charge in [-0.2, -0.15) is 0 Å². The Balaban J connectivity index is 1.56. The van der Waals surface area contributed by atoms with E-state index < -0.39 is 30.3 Å². The van der Waals surface area contributed by atoms with Gasteiger partial charge in [0.15, 0.2) is 30.1 Å². The summed E-state index contributed by atoms with van der Waals surface area (Å²) in [6, 6.07) is 8.56. The fourth-order valence-electron chi connectivity index (χ4n) is 2.36. The van der Waals surface area contributed by atoms with Gasteiger partial charge >= 0.3 is 5.97 Å². The molecular formula is C15H16O6. The number of hydrogen-bond donors (Lipinski definition) is 0. The molecule has 0 unspecified atom stereocenters. The van der Waals surface area contributed by atoms with Crippen LogP contribution < -0.4 is 0 Å². The summed E-state index contributed by atoms with van der Waals surface area (Å²) in [5, 5.41) is 0. The molecule has 0 N–H and O–H groups in total. The maximum Gasteiger partial charge on any atom is 0.338 e. The molecule has 6 heteroatoms. The molecule has 2 saturated heterocycles. The standard InChI is InChI=1S/C15H16O6/c1-15(2)20-12-11(16)10(19-14(12)21-15)8-18-13(17)9-6-4-3-5-7-9/h3-7,10,12,14H,8H2,1-2H3/t10-,12-,14-/m1/s1. The van der Waals surface area contributed by atoms with Crippen LogP contribution in [0.4, 0.5) is 0 Å². The van der Waals surface area contributed by atoms with Gasteiger partial charge < -0.3 is 18.9 Å². The summed E-state index contributed by atoms with van der Waals surface area (Å²) in [6.45, 7) is 3.28. The molecule has 3 rings (SSSR count). The van der Waals surface area contributed by atoms with E-state index >= 15 is 0 Å². The van der Waals surface area contributed by atoms with Crippen molar-refractivity contribution < 1.29 is 28.5 Å². The molecule has 0 aliphatic carbocycles. The number of hydrogen-bond acceptors (Lipinski definition) is 6. The number of ketones is 1. The molecule has 21 heavy (non-hydrogen) atoms. The molecule has 0 radical (unpaired) electrons. The molecule has 2 aliphatic rings. The Bertz CT molecular complexity index is 553. The third-order valence-corrected chi connectivity index (χ3v) is 3.33. The Hall–Kier alpha value is -1.76. The van der Waals surface area contributed by atoms with Gasteiger partial charge in [-0.25, -0.2) is 4.79 Å². The van der Waals surface area contributed by atoms with Crippen molar-refractivity contribution in [3.63, 3.8) is 0 Å². The van der Waals surface area contributed by atoms with Crippen molar-refractivity contribution in [3.8, 4) is 0 Å². The van der Waals surface area contributed by atoms with Gasteiger partial charge in [-0.1, -0.05) is 18.2 Å². The summed E-state index contributed by atoms with van der Waals surface area (Å²) in [4.78, 5) is 23.9. The van der Waals surface area contributed by atoms with Crippen LogP contribution in [0, 0.1) is 0 Å². The Morgan fingerprint density at radius 3 is 2.62 bits per heavy atom. The normalized spacial score (nSPS) is 30.2. The fourth-order valence-corrected chi connectivity index (χ4v) is 2.36. The number of carbonyl (C=O) groups is 2. The van der Waals surface area contributed by atoms with Crippen molar-refractivity contribution in [2.24, 2.45) is 0 Å². The lowest BCUT2D eigenvalue weighted by Gasteiger charge is -2.19. The molecule has 1 aromatic carbocycles. The number of fused-ring (bicyclic) bond motifs is 1. The maximum absolute atomic E-state index is 12.1. The summed E-state index contributed by atoms with van der Waals surface area (Å²) < 4.78 is 21.5. The van der Waals surface area contributed by atoms with Crippen LogP contribution in [0.25, 0.3) is 0 Å². The van der Waals surface area contributed by atoms with Crippen molar-refractivity contribution >= 4 is 11.8 Å². The highest BCUT2D eigenvalue weighted by atomic mass is 16.8. The summed E-state index contributed by atoms with van der Waals surface area (Å²) in [5.41, 5.74) is 0.428. The monoisotopic (exact) mass is 292 g/mol. The lowest BCUT2D eigenvalue weighted by Crippen LogP contribution is -2.33. The first kappa shape index (κ1) is 14.2. The Morgan fingerprint density at radius 2 is 1.95 bits per heavy atom. The van der Waals surface area contributed by atoms with Crippen LogP contribution in [0.5, 0.6) is 0 Å². The van der Waals surface area contributed by atoms with Crippen molar-refractivity contribution in [1.82, 2.24) is 0 Å². The molecule has 112 valence electrons. The van der Waals surface area contributed by atoms with E-state index in [0.29, 0.717) is 5.56 Å². The zero-order chi connectivity index (χ0) is 15.0. The minimum atomic E-state index is -0.844. The van der Waals surface area contributed by atoms with Crippen LogP contribution >= 0.6 is 0 Å². The van der Waals surface area contributed by atoms with E-state index in [2.05, 4.69) is 0 Å². The number of rotatable bonds is 3. The van der Waals surface area contributed by atoms with Crippen LogP contribution in [-0.4, -0.2) is 42.6 Å². The lowest BCUT2D eigenvalue weighted by molar-refractivity contribution is -0.207. The summed E-state index contributed by atoms with van der Waals surface area (Å²) in [6.07, 6.45) is -2.32. The molecule has 0 bridgehead atoms. The van der Waals surface area contributed by atoms with E-state index in [-0.39, 0.29) is 12.4 Å². The second-order valence-corrected chi connectivity index (χ2v) is 5.42. The highest BCUT2D eigenvalue weighted by molar-refractivity contribution is 5.92. The van der Waals surface area contributed by atoms with Gasteiger partial charge in [-0.3, -0.25) is 4.79 Å². The SMILES string of the molecule is CC1(C)O[C@H]2O[C@H](COC(=O)c3ccccc3)C(=O)[C@H]2O1. The molecular weight excluding hydrogens is 276 g/mol. The summed E-state index contributed by atoms with van der Waals surface area (Å²) in [7, 11) is 0. The smallest absolute Gasteiger partial charge is 0.338 e. The molecule has 0 amide bonds. The number of carbonyl (C=O) groups excluding carboxylic acids is 2. The molecule has 3 atom stereocenters. The molecule has 0 saturated carbocycles. The van der Waals surface area contributed by atoms with E-state index in [4.69, 9.17) is 18.9 Å². The van der Waals surface area contributed by atoms with Gasteiger partial charge in [0.05, 0.1) is 5.56 Å². The van der Waals surface area contributed by atoms with E-state index in [0.717, 1.165) is 0 Å². The number of esters is 1. The number of Topliss-reactive ketones (excluding diaryl/α,β-unsaturated/α-hetero) is 1. The first-order chi connectivity index (χ1) is 9.96. The highest BCUT2D eigenvalue weighted by Crippen LogP contribution is 2.35. The lowest BCUT2D eigenvalue weighted by atomic mass is 10.2. The zero-order valence-electron chi connectivity index (χ0n) is 11.8. The summed E-state index contributed by atoms with van der Waals surface area (Å²) in [5.74, 6) is -1.59. The van der Waals surface area contributed by atoms with E-state index in [1.807, 2.05) is 0 Å². The van der Waals surface area contributed by atoms with Crippen LogP contribution in [0.3, 0.4) is 0 Å². The molecule has 1 aromatic rings. The van der Waals surface area contributed by atoms with Gasteiger partial charge in [-0.05, 0) is 26.0 Å². The second-order valence-electron chi connectivity index (χ2n) is 5.42. The van der Waals surface area contributed by atoms with Crippen LogP contribution in [0.1, 0.15) is 24.2 Å².